The second-order valence-corrected chi connectivity index (χ2v) is 6.20. The molecule has 1 amide bonds. The summed E-state index contributed by atoms with van der Waals surface area (Å²) in [6.07, 6.45) is 0. The molecule has 2 aromatic rings. The molecule has 1 aliphatic rings. The Hall–Kier alpha value is -1.89. The molecule has 1 aromatic carbocycles. The van der Waals surface area contributed by atoms with E-state index in [0.717, 1.165) is 18.7 Å². The number of ether oxygens (including phenoxy) is 1. The average Bonchev–Trinajstić information content (AvgIpc) is 3.02. The van der Waals surface area contributed by atoms with Crippen molar-refractivity contribution in [2.24, 2.45) is 0 Å². The second kappa shape index (κ2) is 7.79. The summed E-state index contributed by atoms with van der Waals surface area (Å²) in [6.45, 7) is 5.24. The number of aromatic nitrogens is 1. The first-order valence-corrected chi connectivity index (χ1v) is 8.30. The van der Waals surface area contributed by atoms with Gasteiger partial charge in [-0.3, -0.25) is 9.69 Å². The Morgan fingerprint density at radius 3 is 2.83 bits per heavy atom. The van der Waals surface area contributed by atoms with Gasteiger partial charge in [0.1, 0.15) is 0 Å². The zero-order valence-electron chi connectivity index (χ0n) is 13.5. The number of amides is 1. The fourth-order valence-corrected chi connectivity index (χ4v) is 3.01. The van der Waals surface area contributed by atoms with Gasteiger partial charge >= 0.3 is 0 Å². The van der Waals surface area contributed by atoms with Gasteiger partial charge in [-0.15, -0.1) is 0 Å². The SMILES string of the molecule is Cc1cc(C(=O)NCC(c2cccc(Cl)c2)N2CCOCC2)on1. The normalized spacial score (nSPS) is 16.8. The van der Waals surface area contributed by atoms with Crippen molar-refractivity contribution >= 4 is 17.5 Å². The van der Waals surface area contributed by atoms with Crippen molar-refractivity contribution in [3.8, 4) is 0 Å². The number of hydrogen-bond acceptors (Lipinski definition) is 5. The third-order valence-electron chi connectivity index (χ3n) is 4.03. The van der Waals surface area contributed by atoms with Crippen LogP contribution in [0.5, 0.6) is 0 Å². The predicted octanol–water partition coefficient (Wildman–Crippen LogP) is 2.44. The molecule has 128 valence electrons. The third kappa shape index (κ3) is 4.14. The smallest absolute Gasteiger partial charge is 0.289 e. The van der Waals surface area contributed by atoms with Crippen LogP contribution in [0.15, 0.2) is 34.9 Å². The van der Waals surface area contributed by atoms with E-state index < -0.39 is 0 Å². The summed E-state index contributed by atoms with van der Waals surface area (Å²) in [4.78, 5) is 14.5. The lowest BCUT2D eigenvalue weighted by Gasteiger charge is -2.34. The lowest BCUT2D eigenvalue weighted by Crippen LogP contribution is -2.43. The molecule has 1 unspecified atom stereocenters. The van der Waals surface area contributed by atoms with Crippen molar-refractivity contribution in [3.05, 3.63) is 52.4 Å². The average molecular weight is 350 g/mol. The molecular formula is C17H20ClN3O3. The maximum absolute atomic E-state index is 12.2. The number of nitrogens with one attached hydrogen (secondary N) is 1. The Labute approximate surface area is 145 Å². The fraction of sp³-hybridized carbons (Fsp3) is 0.412. The largest absolute Gasteiger partial charge is 0.379 e. The zero-order chi connectivity index (χ0) is 16.9. The summed E-state index contributed by atoms with van der Waals surface area (Å²) < 4.78 is 10.4. The Kier molecular flexibility index (Phi) is 5.50. The van der Waals surface area contributed by atoms with Crippen molar-refractivity contribution in [2.45, 2.75) is 13.0 Å². The van der Waals surface area contributed by atoms with Crippen LogP contribution < -0.4 is 5.32 Å². The van der Waals surface area contributed by atoms with Crippen LogP contribution in [-0.2, 0) is 4.74 Å². The molecule has 6 nitrogen and oxygen atoms in total. The van der Waals surface area contributed by atoms with Crippen LogP contribution in [0.4, 0.5) is 0 Å². The first kappa shape index (κ1) is 17.0. The number of rotatable bonds is 5. The minimum Gasteiger partial charge on any atom is -0.379 e. The molecule has 0 spiro atoms. The Bertz CT molecular complexity index is 698. The Balaban J connectivity index is 1.73. The molecule has 1 aliphatic heterocycles. The Morgan fingerprint density at radius 2 is 2.17 bits per heavy atom. The van der Waals surface area contributed by atoms with Crippen molar-refractivity contribution < 1.29 is 14.1 Å². The molecule has 1 atom stereocenters. The highest BCUT2D eigenvalue weighted by molar-refractivity contribution is 6.30. The molecular weight excluding hydrogens is 330 g/mol. The highest BCUT2D eigenvalue weighted by Gasteiger charge is 2.24. The quantitative estimate of drug-likeness (QED) is 0.898. The van der Waals surface area contributed by atoms with Gasteiger partial charge in [-0.1, -0.05) is 28.9 Å². The van der Waals surface area contributed by atoms with Crippen LogP contribution in [-0.4, -0.2) is 48.8 Å². The molecule has 1 saturated heterocycles. The van der Waals surface area contributed by atoms with Gasteiger partial charge in [0, 0.05) is 30.7 Å². The van der Waals surface area contributed by atoms with Gasteiger partial charge < -0.3 is 14.6 Å². The fourth-order valence-electron chi connectivity index (χ4n) is 2.81. The van der Waals surface area contributed by atoms with Crippen molar-refractivity contribution in [3.63, 3.8) is 0 Å². The van der Waals surface area contributed by atoms with Crippen molar-refractivity contribution in [1.29, 1.82) is 0 Å². The monoisotopic (exact) mass is 349 g/mol. The molecule has 2 heterocycles. The molecule has 1 aromatic heterocycles. The molecule has 3 rings (SSSR count). The number of hydrogen-bond donors (Lipinski definition) is 1. The van der Waals surface area contributed by atoms with Crippen LogP contribution in [0, 0.1) is 6.92 Å². The van der Waals surface area contributed by atoms with E-state index in [1.165, 1.54) is 0 Å². The van der Waals surface area contributed by atoms with Crippen LogP contribution in [0.2, 0.25) is 5.02 Å². The summed E-state index contributed by atoms with van der Waals surface area (Å²) in [7, 11) is 0. The van der Waals surface area contributed by atoms with E-state index in [1.54, 1.807) is 13.0 Å². The first-order valence-electron chi connectivity index (χ1n) is 7.92. The van der Waals surface area contributed by atoms with Crippen LogP contribution in [0.25, 0.3) is 0 Å². The topological polar surface area (TPSA) is 67.6 Å². The number of benzene rings is 1. The number of aryl methyl sites for hydroxylation is 1. The molecule has 24 heavy (non-hydrogen) atoms. The van der Waals surface area contributed by atoms with Gasteiger partial charge in [0.2, 0.25) is 5.76 Å². The van der Waals surface area contributed by atoms with Gasteiger partial charge in [0.25, 0.3) is 5.91 Å². The maximum Gasteiger partial charge on any atom is 0.289 e. The zero-order valence-corrected chi connectivity index (χ0v) is 14.3. The third-order valence-corrected chi connectivity index (χ3v) is 4.26. The van der Waals surface area contributed by atoms with Gasteiger partial charge in [-0.2, -0.15) is 0 Å². The van der Waals surface area contributed by atoms with Crippen molar-refractivity contribution in [1.82, 2.24) is 15.4 Å². The summed E-state index contributed by atoms with van der Waals surface area (Å²) in [5.74, 6) is -0.0461. The molecule has 0 aliphatic carbocycles. The van der Waals surface area contributed by atoms with E-state index in [-0.39, 0.29) is 17.7 Å². The van der Waals surface area contributed by atoms with Gasteiger partial charge in [-0.25, -0.2) is 0 Å². The lowest BCUT2D eigenvalue weighted by molar-refractivity contribution is 0.0161. The Morgan fingerprint density at radius 1 is 1.38 bits per heavy atom. The number of halogens is 1. The predicted molar refractivity (Wildman–Crippen MR) is 90.2 cm³/mol. The molecule has 0 radical (unpaired) electrons. The number of nitrogens with zero attached hydrogens (tertiary/aromatic N) is 2. The summed E-state index contributed by atoms with van der Waals surface area (Å²) >= 11 is 6.14. The minimum atomic E-state index is -0.268. The van der Waals surface area contributed by atoms with Gasteiger partial charge in [-0.05, 0) is 24.6 Å². The summed E-state index contributed by atoms with van der Waals surface area (Å²) in [6, 6.07) is 9.38. The first-order chi connectivity index (χ1) is 11.6. The van der Waals surface area contributed by atoms with E-state index in [0.29, 0.717) is 30.5 Å². The van der Waals surface area contributed by atoms with E-state index in [9.17, 15) is 4.79 Å². The second-order valence-electron chi connectivity index (χ2n) is 5.76. The lowest BCUT2D eigenvalue weighted by atomic mass is 10.0. The summed E-state index contributed by atoms with van der Waals surface area (Å²) in [5.41, 5.74) is 1.75. The van der Waals surface area contributed by atoms with E-state index in [4.69, 9.17) is 20.9 Å². The van der Waals surface area contributed by atoms with E-state index in [2.05, 4.69) is 15.4 Å². The van der Waals surface area contributed by atoms with Gasteiger partial charge in [0.15, 0.2) is 0 Å². The highest BCUT2D eigenvalue weighted by atomic mass is 35.5. The van der Waals surface area contributed by atoms with E-state index >= 15 is 0 Å². The van der Waals surface area contributed by atoms with Gasteiger partial charge in [0.05, 0.1) is 24.9 Å². The molecule has 0 bridgehead atoms. The molecule has 1 fully saturated rings. The summed E-state index contributed by atoms with van der Waals surface area (Å²) in [5, 5.41) is 7.36. The molecule has 0 saturated carbocycles. The standard InChI is InChI=1S/C17H20ClN3O3/c1-12-9-16(24-20-12)17(22)19-11-15(21-5-7-23-8-6-21)13-3-2-4-14(18)10-13/h2-4,9-10,15H,5-8,11H2,1H3,(H,19,22). The van der Waals surface area contributed by atoms with Crippen LogP contribution >= 0.6 is 11.6 Å². The molecule has 7 heteroatoms. The van der Waals surface area contributed by atoms with Crippen molar-refractivity contribution in [2.75, 3.05) is 32.8 Å². The van der Waals surface area contributed by atoms with Crippen LogP contribution in [0.3, 0.4) is 0 Å². The molecule has 1 N–H and O–H groups in total. The minimum absolute atomic E-state index is 0.0283. The van der Waals surface area contributed by atoms with Crippen LogP contribution in [0.1, 0.15) is 27.9 Å². The number of carbonyl (C=O) groups is 1. The highest BCUT2D eigenvalue weighted by Crippen LogP contribution is 2.24. The van der Waals surface area contributed by atoms with E-state index in [1.807, 2.05) is 24.3 Å². The number of morpholine rings is 1. The number of carbonyl (C=O) groups excluding carboxylic acids is 1. The maximum atomic E-state index is 12.2.